The van der Waals surface area contributed by atoms with Crippen LogP contribution in [0.25, 0.3) is 0 Å². The number of aryl methyl sites for hydroxylation is 1. The summed E-state index contributed by atoms with van der Waals surface area (Å²) in [6.07, 6.45) is 8.59. The molecule has 0 bridgehead atoms. The van der Waals surface area contributed by atoms with Crippen LogP contribution < -0.4 is 0 Å². The maximum atomic E-state index is 10.1. The minimum atomic E-state index is -0.798. The van der Waals surface area contributed by atoms with E-state index in [-0.39, 0.29) is 6.61 Å². The number of nitrogens with zero attached hydrogens (tertiary/aromatic N) is 3. The fraction of sp³-hybridized carbons (Fsp3) is 0.824. The Kier molecular flexibility index (Phi) is 8.02. The molecule has 0 aliphatic carbocycles. The Morgan fingerprint density at radius 2 is 1.91 bits per heavy atom. The summed E-state index contributed by atoms with van der Waals surface area (Å²) in [6.45, 7) is 3.44. The van der Waals surface area contributed by atoms with E-state index in [1.807, 2.05) is 24.0 Å². The van der Waals surface area contributed by atoms with Crippen LogP contribution in [0, 0.1) is 0 Å². The summed E-state index contributed by atoms with van der Waals surface area (Å²) in [5.41, 5.74) is 0. The summed E-state index contributed by atoms with van der Waals surface area (Å²) in [4.78, 5) is 6.71. The minimum Gasteiger partial charge on any atom is -0.390 e. The molecule has 0 amide bonds. The predicted molar refractivity (Wildman–Crippen MR) is 89.0 cm³/mol. The second-order valence-corrected chi connectivity index (χ2v) is 6.50. The van der Waals surface area contributed by atoms with Gasteiger partial charge in [-0.2, -0.15) is 0 Å². The monoisotopic (exact) mass is 325 g/mol. The average Bonchev–Trinajstić information content (AvgIpc) is 2.94. The topological polar surface area (TPSA) is 70.8 Å². The summed E-state index contributed by atoms with van der Waals surface area (Å²) in [5.74, 6) is 1.03. The van der Waals surface area contributed by atoms with Crippen LogP contribution in [0.5, 0.6) is 0 Å². The van der Waals surface area contributed by atoms with Crippen molar-refractivity contribution in [3.8, 4) is 0 Å². The van der Waals surface area contributed by atoms with Gasteiger partial charge in [0.2, 0.25) is 0 Å². The molecule has 0 aromatic carbocycles. The highest BCUT2D eigenvalue weighted by molar-refractivity contribution is 4.91. The van der Waals surface area contributed by atoms with E-state index >= 15 is 0 Å². The lowest BCUT2D eigenvalue weighted by molar-refractivity contribution is -0.0443. The largest absolute Gasteiger partial charge is 0.390 e. The first-order chi connectivity index (χ1) is 11.2. The van der Waals surface area contributed by atoms with Gasteiger partial charge in [-0.05, 0) is 25.8 Å². The van der Waals surface area contributed by atoms with Gasteiger partial charge >= 0.3 is 0 Å². The fourth-order valence-electron chi connectivity index (χ4n) is 2.91. The van der Waals surface area contributed by atoms with Gasteiger partial charge in [0.05, 0.1) is 19.3 Å². The van der Waals surface area contributed by atoms with Gasteiger partial charge in [-0.15, -0.1) is 0 Å². The molecule has 0 saturated carbocycles. The minimum absolute atomic E-state index is 0.223. The molecular formula is C17H31N3O3. The molecule has 6 heteroatoms. The van der Waals surface area contributed by atoms with Crippen LogP contribution in [-0.4, -0.2) is 63.2 Å². The number of ether oxygens (including phenoxy) is 1. The Morgan fingerprint density at radius 3 is 2.70 bits per heavy atom. The van der Waals surface area contributed by atoms with Gasteiger partial charge in [-0.3, -0.25) is 4.90 Å². The third-order valence-electron chi connectivity index (χ3n) is 4.52. The van der Waals surface area contributed by atoms with E-state index in [4.69, 9.17) is 4.74 Å². The summed E-state index contributed by atoms with van der Waals surface area (Å²) in [7, 11) is 2.00. The van der Waals surface area contributed by atoms with Crippen molar-refractivity contribution in [2.24, 2.45) is 7.05 Å². The number of imidazole rings is 1. The van der Waals surface area contributed by atoms with E-state index < -0.39 is 12.2 Å². The zero-order chi connectivity index (χ0) is 16.5. The van der Waals surface area contributed by atoms with Gasteiger partial charge in [-0.25, -0.2) is 4.98 Å². The number of hydrogen-bond acceptors (Lipinski definition) is 5. The Labute approximate surface area is 139 Å². The van der Waals surface area contributed by atoms with Crippen molar-refractivity contribution in [3.05, 3.63) is 18.2 Å². The smallest absolute Gasteiger partial charge is 0.122 e. The van der Waals surface area contributed by atoms with Gasteiger partial charge in [-0.1, -0.05) is 19.3 Å². The molecule has 1 aliphatic rings. The van der Waals surface area contributed by atoms with Crippen LogP contribution in [0.15, 0.2) is 12.4 Å². The second-order valence-electron chi connectivity index (χ2n) is 6.50. The molecule has 0 unspecified atom stereocenters. The maximum Gasteiger partial charge on any atom is 0.122 e. The van der Waals surface area contributed by atoms with Gasteiger partial charge in [0.15, 0.2) is 0 Å². The van der Waals surface area contributed by atoms with E-state index in [1.54, 1.807) is 0 Å². The third kappa shape index (κ3) is 6.59. The summed E-state index contributed by atoms with van der Waals surface area (Å²) in [5, 5.41) is 20.1. The number of aliphatic hydroxyl groups excluding tert-OH is 2. The van der Waals surface area contributed by atoms with E-state index in [9.17, 15) is 10.2 Å². The highest BCUT2D eigenvalue weighted by atomic mass is 16.5. The zero-order valence-electron chi connectivity index (χ0n) is 14.2. The molecule has 1 fully saturated rings. The molecule has 1 aromatic heterocycles. The predicted octanol–water partition coefficient (Wildman–Crippen LogP) is 1.31. The molecule has 1 aromatic rings. The van der Waals surface area contributed by atoms with Crippen LogP contribution in [0.1, 0.15) is 44.3 Å². The molecule has 2 rings (SSSR count). The molecule has 1 saturated heterocycles. The number of aliphatic hydroxyl groups is 2. The van der Waals surface area contributed by atoms with Crippen LogP contribution >= 0.6 is 0 Å². The number of rotatable bonds is 2. The first-order valence-corrected chi connectivity index (χ1v) is 8.79. The highest BCUT2D eigenvalue weighted by Crippen LogP contribution is 2.11. The zero-order valence-corrected chi connectivity index (χ0v) is 14.2. The van der Waals surface area contributed by atoms with E-state index in [0.717, 1.165) is 44.7 Å². The number of aromatic nitrogens is 2. The molecule has 0 spiro atoms. The lowest BCUT2D eigenvalue weighted by Crippen LogP contribution is -2.35. The van der Waals surface area contributed by atoms with Gasteiger partial charge in [0, 0.05) is 32.6 Å². The van der Waals surface area contributed by atoms with Crippen molar-refractivity contribution in [2.75, 3.05) is 26.3 Å². The van der Waals surface area contributed by atoms with Crippen LogP contribution in [0.2, 0.25) is 0 Å². The maximum absolute atomic E-state index is 10.1. The Hall–Kier alpha value is -0.950. The first kappa shape index (κ1) is 18.4. The SMILES string of the molecule is Cn1ccnc1CN1CCCCCCCOC[C@@H](O)[C@@H](O)CC1. The second kappa shape index (κ2) is 10.0. The fourth-order valence-corrected chi connectivity index (χ4v) is 2.91. The normalized spacial score (nSPS) is 26.7. The number of hydrogen-bond donors (Lipinski definition) is 2. The van der Waals surface area contributed by atoms with E-state index in [1.165, 1.54) is 12.8 Å². The Balaban J connectivity index is 1.90. The summed E-state index contributed by atoms with van der Waals surface area (Å²) in [6, 6.07) is 0. The first-order valence-electron chi connectivity index (χ1n) is 8.79. The van der Waals surface area contributed by atoms with Crippen molar-refractivity contribution in [3.63, 3.8) is 0 Å². The quantitative estimate of drug-likeness (QED) is 0.858. The van der Waals surface area contributed by atoms with Crippen molar-refractivity contribution in [2.45, 2.75) is 57.3 Å². The molecule has 0 radical (unpaired) electrons. The van der Waals surface area contributed by atoms with Crippen LogP contribution in [-0.2, 0) is 18.3 Å². The third-order valence-corrected chi connectivity index (χ3v) is 4.52. The van der Waals surface area contributed by atoms with Gasteiger partial charge in [0.1, 0.15) is 11.9 Å². The van der Waals surface area contributed by atoms with Crippen molar-refractivity contribution >= 4 is 0 Å². The summed E-state index contributed by atoms with van der Waals surface area (Å²) >= 11 is 0. The molecule has 2 atom stereocenters. The van der Waals surface area contributed by atoms with E-state index in [2.05, 4.69) is 9.88 Å². The molecular weight excluding hydrogens is 294 g/mol. The van der Waals surface area contributed by atoms with Gasteiger partial charge < -0.3 is 19.5 Å². The molecule has 1 aliphatic heterocycles. The van der Waals surface area contributed by atoms with Crippen LogP contribution in [0.3, 0.4) is 0 Å². The highest BCUT2D eigenvalue weighted by Gasteiger charge is 2.18. The van der Waals surface area contributed by atoms with Crippen LogP contribution in [0.4, 0.5) is 0 Å². The molecule has 6 nitrogen and oxygen atoms in total. The Bertz CT molecular complexity index is 438. The standard InChI is InChI=1S/C17H31N3O3/c1-19-11-8-18-17(19)13-20-9-5-3-2-4-6-12-23-14-16(22)15(21)7-10-20/h8,11,15-16,21-22H,2-7,9-10,12-14H2,1H3/t15-,16+/m0/s1. The molecule has 132 valence electrons. The Morgan fingerprint density at radius 1 is 1.13 bits per heavy atom. The molecule has 2 heterocycles. The lowest BCUT2D eigenvalue weighted by atomic mass is 10.1. The van der Waals surface area contributed by atoms with Crippen molar-refractivity contribution in [1.29, 1.82) is 0 Å². The molecule has 2 N–H and O–H groups in total. The van der Waals surface area contributed by atoms with Crippen molar-refractivity contribution < 1.29 is 14.9 Å². The van der Waals surface area contributed by atoms with E-state index in [0.29, 0.717) is 13.0 Å². The van der Waals surface area contributed by atoms with Gasteiger partial charge in [0.25, 0.3) is 0 Å². The average molecular weight is 325 g/mol. The van der Waals surface area contributed by atoms with Crippen molar-refractivity contribution in [1.82, 2.24) is 14.5 Å². The molecule has 23 heavy (non-hydrogen) atoms. The lowest BCUT2D eigenvalue weighted by Gasteiger charge is -2.25. The summed E-state index contributed by atoms with van der Waals surface area (Å²) < 4.78 is 7.48.